The molecule has 0 aromatic heterocycles. The Hall–Kier alpha value is -4.39. The molecule has 7 heteroatoms. The first kappa shape index (κ1) is 24.7. The van der Waals surface area contributed by atoms with Crippen LogP contribution in [0.15, 0.2) is 90.1 Å². The van der Waals surface area contributed by atoms with Gasteiger partial charge in [-0.1, -0.05) is 61.5 Å². The molecule has 7 nitrogen and oxygen atoms in total. The molecule has 1 aliphatic rings. The van der Waals surface area contributed by atoms with Crippen LogP contribution in [0.3, 0.4) is 0 Å². The summed E-state index contributed by atoms with van der Waals surface area (Å²) < 4.78 is 5.02. The van der Waals surface area contributed by atoms with Crippen molar-refractivity contribution >= 4 is 23.6 Å². The molecule has 3 aromatic carbocycles. The first-order chi connectivity index (χ1) is 17.4. The number of amides is 3. The fraction of sp³-hybridized carbons (Fsp3) is 0.207. The third-order valence-corrected chi connectivity index (χ3v) is 6.18. The van der Waals surface area contributed by atoms with E-state index in [9.17, 15) is 14.4 Å². The number of hydrogen-bond acceptors (Lipinski definition) is 4. The molecule has 184 valence electrons. The molecule has 1 aliphatic heterocycles. The van der Waals surface area contributed by atoms with Crippen molar-refractivity contribution in [3.05, 3.63) is 101 Å². The summed E-state index contributed by atoms with van der Waals surface area (Å²) in [6, 6.07) is 23.5. The van der Waals surface area contributed by atoms with Crippen LogP contribution in [0.2, 0.25) is 0 Å². The van der Waals surface area contributed by atoms with Crippen molar-refractivity contribution in [1.82, 2.24) is 10.2 Å². The van der Waals surface area contributed by atoms with Crippen LogP contribution in [0, 0.1) is 0 Å². The quantitative estimate of drug-likeness (QED) is 0.433. The number of nitrogens with zero attached hydrogens (tertiary/aromatic N) is 1. The Morgan fingerprint density at radius 2 is 1.67 bits per heavy atom. The number of ether oxygens (including phenoxy) is 1. The number of benzene rings is 3. The third kappa shape index (κ3) is 5.15. The van der Waals surface area contributed by atoms with Gasteiger partial charge >= 0.3 is 12.0 Å². The minimum absolute atomic E-state index is 0.256. The summed E-state index contributed by atoms with van der Waals surface area (Å²) in [5.74, 6) is -0.764. The molecule has 3 amide bonds. The summed E-state index contributed by atoms with van der Waals surface area (Å²) in [4.78, 5) is 39.9. The topological polar surface area (TPSA) is 87.7 Å². The molecule has 1 atom stereocenters. The lowest BCUT2D eigenvalue weighted by Gasteiger charge is -2.35. The van der Waals surface area contributed by atoms with Crippen molar-refractivity contribution in [3.63, 3.8) is 0 Å². The van der Waals surface area contributed by atoms with E-state index in [-0.39, 0.29) is 11.9 Å². The molecule has 0 fully saturated rings. The highest BCUT2D eigenvalue weighted by molar-refractivity contribution is 6.04. The van der Waals surface area contributed by atoms with E-state index in [0.29, 0.717) is 34.6 Å². The summed E-state index contributed by atoms with van der Waals surface area (Å²) in [5.41, 5.74) is 4.77. The van der Waals surface area contributed by atoms with Crippen molar-refractivity contribution in [3.8, 4) is 11.1 Å². The second kappa shape index (κ2) is 10.9. The van der Waals surface area contributed by atoms with Crippen LogP contribution in [0.4, 0.5) is 10.5 Å². The van der Waals surface area contributed by atoms with Gasteiger partial charge in [0.2, 0.25) is 0 Å². The molecular weight excluding hydrogens is 454 g/mol. The van der Waals surface area contributed by atoms with E-state index < -0.39 is 12.0 Å². The predicted octanol–water partition coefficient (Wildman–Crippen LogP) is 5.53. The molecule has 1 unspecified atom stereocenters. The molecule has 0 bridgehead atoms. The number of carbonyl (C=O) groups excluding carboxylic acids is 3. The fourth-order valence-corrected chi connectivity index (χ4v) is 4.34. The number of allylic oxidation sites excluding steroid dienone is 1. The van der Waals surface area contributed by atoms with Gasteiger partial charge in [-0.25, -0.2) is 9.59 Å². The van der Waals surface area contributed by atoms with E-state index in [2.05, 4.69) is 10.6 Å². The van der Waals surface area contributed by atoms with Gasteiger partial charge in [-0.05, 0) is 54.3 Å². The first-order valence-corrected chi connectivity index (χ1v) is 11.9. The van der Waals surface area contributed by atoms with Gasteiger partial charge in [-0.15, -0.1) is 0 Å². The lowest BCUT2D eigenvalue weighted by molar-refractivity contribution is -0.136. The second-order valence-corrected chi connectivity index (χ2v) is 8.55. The first-order valence-electron chi connectivity index (χ1n) is 11.9. The van der Waals surface area contributed by atoms with Gasteiger partial charge in [0.25, 0.3) is 5.91 Å². The second-order valence-electron chi connectivity index (χ2n) is 8.55. The SMILES string of the molecule is CCCN1C(=O)NC(c2cccc(NC(=O)c3ccc(-c4ccccc4)cc3)c2)C(C(=O)OC)=C1C. The van der Waals surface area contributed by atoms with E-state index in [4.69, 9.17) is 4.74 Å². The number of rotatable bonds is 7. The van der Waals surface area contributed by atoms with Gasteiger partial charge in [0, 0.05) is 23.5 Å². The van der Waals surface area contributed by atoms with Crippen LogP contribution in [0.25, 0.3) is 11.1 Å². The number of urea groups is 1. The Morgan fingerprint density at radius 3 is 2.33 bits per heavy atom. The predicted molar refractivity (Wildman–Crippen MR) is 139 cm³/mol. The molecule has 0 saturated carbocycles. The van der Waals surface area contributed by atoms with Gasteiger partial charge in [0.05, 0.1) is 18.7 Å². The number of nitrogens with one attached hydrogen (secondary N) is 2. The molecule has 0 radical (unpaired) electrons. The minimum atomic E-state index is -0.694. The zero-order valence-corrected chi connectivity index (χ0v) is 20.6. The van der Waals surface area contributed by atoms with Gasteiger partial charge in [-0.2, -0.15) is 0 Å². The Morgan fingerprint density at radius 1 is 0.972 bits per heavy atom. The number of esters is 1. The summed E-state index contributed by atoms with van der Waals surface area (Å²) in [5, 5.41) is 5.83. The lowest BCUT2D eigenvalue weighted by atomic mass is 9.94. The molecule has 1 heterocycles. The monoisotopic (exact) mass is 483 g/mol. The Bertz CT molecular complexity index is 1300. The van der Waals surface area contributed by atoms with Gasteiger partial charge in [0.15, 0.2) is 0 Å². The number of methoxy groups -OCH3 is 1. The normalized spacial score (nSPS) is 15.4. The molecule has 4 rings (SSSR count). The minimum Gasteiger partial charge on any atom is -0.466 e. The smallest absolute Gasteiger partial charge is 0.337 e. The molecule has 3 aromatic rings. The average molecular weight is 484 g/mol. The van der Waals surface area contributed by atoms with E-state index in [1.165, 1.54) is 7.11 Å². The maximum atomic E-state index is 12.9. The maximum Gasteiger partial charge on any atom is 0.337 e. The van der Waals surface area contributed by atoms with Crippen LogP contribution < -0.4 is 10.6 Å². The number of hydrogen-bond donors (Lipinski definition) is 2. The highest BCUT2D eigenvalue weighted by Gasteiger charge is 2.36. The van der Waals surface area contributed by atoms with Crippen molar-refractivity contribution < 1.29 is 19.1 Å². The maximum absolute atomic E-state index is 12.9. The largest absolute Gasteiger partial charge is 0.466 e. The van der Waals surface area contributed by atoms with Crippen molar-refractivity contribution in [2.24, 2.45) is 0 Å². The fourth-order valence-electron chi connectivity index (χ4n) is 4.34. The van der Waals surface area contributed by atoms with Crippen molar-refractivity contribution in [1.29, 1.82) is 0 Å². The highest BCUT2D eigenvalue weighted by Crippen LogP contribution is 2.32. The summed E-state index contributed by atoms with van der Waals surface area (Å²) >= 11 is 0. The van der Waals surface area contributed by atoms with E-state index in [0.717, 1.165) is 17.5 Å². The van der Waals surface area contributed by atoms with E-state index >= 15 is 0 Å². The van der Waals surface area contributed by atoms with Crippen molar-refractivity contribution in [2.75, 3.05) is 19.0 Å². The molecule has 2 N–H and O–H groups in total. The van der Waals surface area contributed by atoms with Crippen LogP contribution in [0.5, 0.6) is 0 Å². The number of carbonyl (C=O) groups is 3. The Kier molecular flexibility index (Phi) is 7.49. The zero-order chi connectivity index (χ0) is 25.7. The summed E-state index contributed by atoms with van der Waals surface area (Å²) in [6.07, 6.45) is 0.748. The van der Waals surface area contributed by atoms with Crippen LogP contribution >= 0.6 is 0 Å². The van der Waals surface area contributed by atoms with Crippen molar-refractivity contribution in [2.45, 2.75) is 26.3 Å². The highest BCUT2D eigenvalue weighted by atomic mass is 16.5. The third-order valence-electron chi connectivity index (χ3n) is 6.18. The van der Waals surface area contributed by atoms with E-state index in [1.54, 1.807) is 48.2 Å². The lowest BCUT2D eigenvalue weighted by Crippen LogP contribution is -2.48. The number of anilines is 1. The van der Waals surface area contributed by atoms with Crippen LogP contribution in [-0.2, 0) is 9.53 Å². The molecular formula is C29H29N3O4. The molecule has 0 saturated heterocycles. The summed E-state index contributed by atoms with van der Waals surface area (Å²) in [6.45, 7) is 4.20. The van der Waals surface area contributed by atoms with Crippen LogP contribution in [0.1, 0.15) is 42.2 Å². The Balaban J connectivity index is 1.57. The van der Waals surface area contributed by atoms with Gasteiger partial charge in [-0.3, -0.25) is 9.69 Å². The van der Waals surface area contributed by atoms with Gasteiger partial charge < -0.3 is 15.4 Å². The standard InChI is InChI=1S/C29H29N3O4/c1-4-17-32-19(2)25(28(34)36-3)26(31-29(32)35)23-11-8-12-24(18-23)30-27(33)22-15-13-21(14-16-22)20-9-6-5-7-10-20/h5-16,18,26H,4,17H2,1-3H3,(H,30,33)(H,31,35). The molecule has 0 spiro atoms. The molecule has 0 aliphatic carbocycles. The Labute approximate surface area is 210 Å². The van der Waals surface area contributed by atoms with E-state index in [1.807, 2.05) is 49.4 Å². The zero-order valence-electron chi connectivity index (χ0n) is 20.6. The summed E-state index contributed by atoms with van der Waals surface area (Å²) in [7, 11) is 1.32. The molecule has 36 heavy (non-hydrogen) atoms. The van der Waals surface area contributed by atoms with Crippen LogP contribution in [-0.4, -0.2) is 36.5 Å². The average Bonchev–Trinajstić information content (AvgIpc) is 2.91. The van der Waals surface area contributed by atoms with Gasteiger partial charge in [0.1, 0.15) is 0 Å².